The average Bonchev–Trinajstić information content (AvgIpc) is 2.99. The minimum absolute atomic E-state index is 0.146. The fourth-order valence-corrected chi connectivity index (χ4v) is 3.48. The van der Waals surface area contributed by atoms with Crippen LogP contribution in [0.3, 0.4) is 0 Å². The van der Waals surface area contributed by atoms with Gasteiger partial charge in [0.15, 0.2) is 5.78 Å². The van der Waals surface area contributed by atoms with Crippen molar-refractivity contribution in [2.24, 2.45) is 12.5 Å². The molecule has 0 aliphatic heterocycles. The van der Waals surface area contributed by atoms with E-state index in [-0.39, 0.29) is 18.6 Å². The van der Waals surface area contributed by atoms with Crippen LogP contribution in [0.4, 0.5) is 0 Å². The second-order valence-corrected chi connectivity index (χ2v) is 5.64. The highest BCUT2D eigenvalue weighted by Crippen LogP contribution is 2.45. The summed E-state index contributed by atoms with van der Waals surface area (Å²) in [4.78, 5) is 25.3. The third kappa shape index (κ3) is 1.70. The molecule has 5 nitrogen and oxygen atoms in total. The van der Waals surface area contributed by atoms with E-state index in [1.54, 1.807) is 0 Å². The van der Waals surface area contributed by atoms with Crippen LogP contribution in [0.1, 0.15) is 28.9 Å². The molecule has 1 heterocycles. The molecule has 0 fully saturated rings. The van der Waals surface area contributed by atoms with Gasteiger partial charge in [-0.05, 0) is 24.5 Å². The molecule has 1 aliphatic carbocycles. The van der Waals surface area contributed by atoms with Gasteiger partial charge in [0.05, 0.1) is 18.9 Å². The van der Waals surface area contributed by atoms with E-state index >= 15 is 0 Å². The monoisotopic (exact) mass is 296 g/mol. The number of benzene rings is 1. The van der Waals surface area contributed by atoms with Gasteiger partial charge in [0, 0.05) is 24.4 Å². The Hall–Kier alpha value is -2.61. The molecule has 0 bridgehead atoms. The Morgan fingerprint density at radius 3 is 2.86 bits per heavy atom. The number of carbonyl (C=O) groups is 2. The van der Waals surface area contributed by atoms with Crippen molar-refractivity contribution in [2.75, 3.05) is 7.11 Å². The second-order valence-electron chi connectivity index (χ2n) is 5.64. The van der Waals surface area contributed by atoms with Crippen LogP contribution in [0.5, 0.6) is 0 Å². The average molecular weight is 296 g/mol. The molecular formula is C17H16N2O3. The lowest BCUT2D eigenvalue weighted by molar-refractivity contribution is -0.149. The zero-order chi connectivity index (χ0) is 15.9. The zero-order valence-electron chi connectivity index (χ0n) is 12.5. The smallest absolute Gasteiger partial charge is 0.320 e. The summed E-state index contributed by atoms with van der Waals surface area (Å²) >= 11 is 0. The number of aromatic nitrogens is 1. The molecular weight excluding hydrogens is 280 g/mol. The topological polar surface area (TPSA) is 72.1 Å². The van der Waals surface area contributed by atoms with Crippen LogP contribution in [0.15, 0.2) is 24.3 Å². The minimum Gasteiger partial charge on any atom is -0.468 e. The number of Topliss-reactive ketones (excluding diaryl/α,β-unsaturated/α-hetero) is 1. The fourth-order valence-electron chi connectivity index (χ4n) is 3.48. The van der Waals surface area contributed by atoms with Gasteiger partial charge in [-0.15, -0.1) is 0 Å². The molecule has 1 aliphatic rings. The largest absolute Gasteiger partial charge is 0.468 e. The van der Waals surface area contributed by atoms with E-state index < -0.39 is 11.4 Å². The van der Waals surface area contributed by atoms with E-state index in [2.05, 4.69) is 0 Å². The van der Waals surface area contributed by atoms with Gasteiger partial charge in [0.25, 0.3) is 0 Å². The number of para-hydroxylation sites is 1. The SMILES string of the molecule is COC(=O)C1(CCC#N)Cc2c(n(C)c3ccccc23)C1=O. The molecule has 112 valence electrons. The van der Waals surface area contributed by atoms with Gasteiger partial charge in [-0.2, -0.15) is 5.26 Å². The van der Waals surface area contributed by atoms with Gasteiger partial charge in [-0.25, -0.2) is 0 Å². The van der Waals surface area contributed by atoms with Gasteiger partial charge < -0.3 is 9.30 Å². The molecule has 0 saturated heterocycles. The van der Waals surface area contributed by atoms with Crippen LogP contribution in [-0.4, -0.2) is 23.4 Å². The summed E-state index contributed by atoms with van der Waals surface area (Å²) in [6.07, 6.45) is 0.641. The number of carbonyl (C=O) groups excluding carboxylic acids is 2. The van der Waals surface area contributed by atoms with Crippen molar-refractivity contribution >= 4 is 22.7 Å². The van der Waals surface area contributed by atoms with Gasteiger partial charge in [-0.1, -0.05) is 18.2 Å². The van der Waals surface area contributed by atoms with Crippen LogP contribution >= 0.6 is 0 Å². The number of aryl methyl sites for hydroxylation is 1. The molecule has 1 unspecified atom stereocenters. The number of ether oxygens (including phenoxy) is 1. The maximum absolute atomic E-state index is 13.0. The van der Waals surface area contributed by atoms with Crippen LogP contribution in [-0.2, 0) is 23.0 Å². The second kappa shape index (κ2) is 4.99. The minimum atomic E-state index is -1.25. The summed E-state index contributed by atoms with van der Waals surface area (Å²) in [5, 5.41) is 9.84. The Morgan fingerprint density at radius 1 is 1.45 bits per heavy atom. The first kappa shape index (κ1) is 14.3. The maximum Gasteiger partial charge on any atom is 0.320 e. The lowest BCUT2D eigenvalue weighted by Crippen LogP contribution is -2.39. The van der Waals surface area contributed by atoms with Crippen LogP contribution in [0.25, 0.3) is 10.9 Å². The third-order valence-corrected chi connectivity index (χ3v) is 4.58. The zero-order valence-corrected chi connectivity index (χ0v) is 12.5. The van der Waals surface area contributed by atoms with Gasteiger partial charge in [0.1, 0.15) is 5.41 Å². The predicted octanol–water partition coefficient (Wildman–Crippen LogP) is 2.38. The molecule has 0 amide bonds. The first-order valence-electron chi connectivity index (χ1n) is 7.13. The number of nitrogens with zero attached hydrogens (tertiary/aromatic N) is 2. The molecule has 0 saturated carbocycles. The first-order valence-corrected chi connectivity index (χ1v) is 7.13. The molecule has 1 atom stereocenters. The molecule has 1 aromatic carbocycles. The van der Waals surface area contributed by atoms with E-state index in [0.29, 0.717) is 12.1 Å². The summed E-state index contributed by atoms with van der Waals surface area (Å²) in [7, 11) is 3.11. The van der Waals surface area contributed by atoms with Crippen LogP contribution < -0.4 is 0 Å². The number of esters is 1. The van der Waals surface area contributed by atoms with Gasteiger partial charge in [0.2, 0.25) is 0 Å². The van der Waals surface area contributed by atoms with E-state index in [9.17, 15) is 9.59 Å². The number of methoxy groups -OCH3 is 1. The van der Waals surface area contributed by atoms with E-state index in [4.69, 9.17) is 10.00 Å². The Bertz CT molecular complexity index is 828. The van der Waals surface area contributed by atoms with Crippen molar-refractivity contribution in [2.45, 2.75) is 19.3 Å². The van der Waals surface area contributed by atoms with Crippen molar-refractivity contribution in [3.05, 3.63) is 35.5 Å². The van der Waals surface area contributed by atoms with Gasteiger partial charge in [-0.3, -0.25) is 9.59 Å². The molecule has 3 rings (SSSR count). The Labute approximate surface area is 128 Å². The number of hydrogen-bond donors (Lipinski definition) is 0. The van der Waals surface area contributed by atoms with Gasteiger partial charge >= 0.3 is 5.97 Å². The quantitative estimate of drug-likeness (QED) is 0.644. The van der Waals surface area contributed by atoms with Crippen molar-refractivity contribution in [3.63, 3.8) is 0 Å². The molecule has 5 heteroatoms. The molecule has 2 aromatic rings. The normalized spacial score (nSPS) is 20.0. The summed E-state index contributed by atoms with van der Waals surface area (Å²) in [6.45, 7) is 0. The summed E-state index contributed by atoms with van der Waals surface area (Å²) in [5.74, 6) is -0.781. The molecule has 0 spiro atoms. The van der Waals surface area contributed by atoms with Crippen molar-refractivity contribution in [3.8, 4) is 6.07 Å². The number of rotatable bonds is 3. The molecule has 0 radical (unpaired) electrons. The van der Waals surface area contributed by atoms with E-state index in [0.717, 1.165) is 16.5 Å². The van der Waals surface area contributed by atoms with Crippen LogP contribution in [0, 0.1) is 16.7 Å². The number of nitriles is 1. The molecule has 22 heavy (non-hydrogen) atoms. The number of fused-ring (bicyclic) bond motifs is 3. The van der Waals surface area contributed by atoms with Crippen LogP contribution in [0.2, 0.25) is 0 Å². The maximum atomic E-state index is 13.0. The number of hydrogen-bond acceptors (Lipinski definition) is 4. The van der Waals surface area contributed by atoms with E-state index in [1.165, 1.54) is 7.11 Å². The lowest BCUT2D eigenvalue weighted by Gasteiger charge is -2.23. The number of ketones is 1. The summed E-state index contributed by atoms with van der Waals surface area (Å²) < 4.78 is 6.72. The molecule has 0 N–H and O–H groups in total. The summed E-state index contributed by atoms with van der Waals surface area (Å²) in [6, 6.07) is 9.77. The molecule has 1 aromatic heterocycles. The van der Waals surface area contributed by atoms with Crippen molar-refractivity contribution < 1.29 is 14.3 Å². The highest BCUT2D eigenvalue weighted by Gasteiger charge is 2.54. The van der Waals surface area contributed by atoms with Crippen molar-refractivity contribution in [1.82, 2.24) is 4.57 Å². The Balaban J connectivity index is 2.19. The lowest BCUT2D eigenvalue weighted by atomic mass is 9.79. The highest BCUT2D eigenvalue weighted by molar-refractivity contribution is 6.18. The first-order chi connectivity index (χ1) is 10.6. The fraction of sp³-hybridized carbons (Fsp3) is 0.353. The Kier molecular flexibility index (Phi) is 3.25. The van der Waals surface area contributed by atoms with Crippen molar-refractivity contribution in [1.29, 1.82) is 5.26 Å². The standard InChI is InChI=1S/C17H16N2O3/c1-19-13-7-4-3-6-11(13)12-10-17(8-5-9-18,16(21)22-2)15(20)14(12)19/h3-4,6-7H,5,8,10H2,1-2H3. The Morgan fingerprint density at radius 2 is 2.18 bits per heavy atom. The summed E-state index contributed by atoms with van der Waals surface area (Å²) in [5.41, 5.74) is 1.16. The van der Waals surface area contributed by atoms with E-state index in [1.807, 2.05) is 41.9 Å². The predicted molar refractivity (Wildman–Crippen MR) is 80.2 cm³/mol. The highest BCUT2D eigenvalue weighted by atomic mass is 16.5. The third-order valence-electron chi connectivity index (χ3n) is 4.58.